The van der Waals surface area contributed by atoms with E-state index in [-0.39, 0.29) is 6.04 Å². The average molecular weight is 243 g/mol. The molecule has 0 aromatic heterocycles. The number of ketones is 1. The number of hydrogen-bond acceptors (Lipinski definition) is 2. The van der Waals surface area contributed by atoms with Gasteiger partial charge in [-0.2, -0.15) is 0 Å². The molecule has 3 rings (SSSR count). The zero-order valence-corrected chi connectivity index (χ0v) is 11.0. The summed E-state index contributed by atoms with van der Waals surface area (Å²) in [5.41, 5.74) is 1.18. The number of nitrogens with zero attached hydrogens (tertiary/aromatic N) is 1. The quantitative estimate of drug-likeness (QED) is 0.808. The van der Waals surface area contributed by atoms with E-state index in [1.807, 2.05) is 25.1 Å². The Bertz CT molecular complexity index is 408. The lowest BCUT2D eigenvalue weighted by molar-refractivity contribution is -0.124. The molecule has 0 N–H and O–H groups in total. The van der Waals surface area contributed by atoms with Crippen molar-refractivity contribution in [3.63, 3.8) is 0 Å². The van der Waals surface area contributed by atoms with E-state index in [9.17, 15) is 4.79 Å². The zero-order valence-electron chi connectivity index (χ0n) is 11.0. The molecule has 18 heavy (non-hydrogen) atoms. The minimum atomic E-state index is 0.0104. The molecule has 0 saturated carbocycles. The highest BCUT2D eigenvalue weighted by atomic mass is 16.1. The zero-order chi connectivity index (χ0) is 12.5. The molecule has 2 saturated heterocycles. The summed E-state index contributed by atoms with van der Waals surface area (Å²) in [6.07, 6.45) is 5.77. The summed E-state index contributed by atoms with van der Waals surface area (Å²) in [6.45, 7) is 1.98. The van der Waals surface area contributed by atoms with E-state index < -0.39 is 0 Å². The van der Waals surface area contributed by atoms with Gasteiger partial charge in [-0.15, -0.1) is 0 Å². The number of fused-ring (bicyclic) bond motifs is 2. The van der Waals surface area contributed by atoms with Gasteiger partial charge in [0.2, 0.25) is 0 Å². The van der Waals surface area contributed by atoms with Crippen LogP contribution in [-0.4, -0.2) is 22.8 Å². The van der Waals surface area contributed by atoms with Crippen LogP contribution in [0.1, 0.15) is 50.6 Å². The van der Waals surface area contributed by atoms with Gasteiger partial charge in [-0.3, -0.25) is 9.69 Å². The third kappa shape index (κ3) is 1.89. The second-order valence-electron chi connectivity index (χ2n) is 5.54. The van der Waals surface area contributed by atoms with Crippen molar-refractivity contribution in [3.05, 3.63) is 35.9 Å². The number of carbonyl (C=O) groups is 1. The highest BCUT2D eigenvalue weighted by molar-refractivity contribution is 5.85. The predicted octanol–water partition coefficient (Wildman–Crippen LogP) is 3.33. The third-order valence-electron chi connectivity index (χ3n) is 4.58. The molecule has 0 unspecified atom stereocenters. The second kappa shape index (κ2) is 4.85. The van der Waals surface area contributed by atoms with Crippen molar-refractivity contribution in [2.75, 3.05) is 0 Å². The van der Waals surface area contributed by atoms with E-state index in [2.05, 4.69) is 17.0 Å². The van der Waals surface area contributed by atoms with Crippen LogP contribution in [0.25, 0.3) is 0 Å². The van der Waals surface area contributed by atoms with E-state index in [1.165, 1.54) is 31.2 Å². The van der Waals surface area contributed by atoms with Crippen molar-refractivity contribution in [1.82, 2.24) is 4.90 Å². The topological polar surface area (TPSA) is 20.3 Å². The summed E-state index contributed by atoms with van der Waals surface area (Å²) in [4.78, 5) is 14.9. The summed E-state index contributed by atoms with van der Waals surface area (Å²) in [7, 11) is 0. The molecule has 1 aromatic carbocycles. The normalized spacial score (nSPS) is 28.5. The minimum Gasteiger partial charge on any atom is -0.298 e. The number of carbonyl (C=O) groups excluding carboxylic acids is 1. The Morgan fingerprint density at radius 1 is 1.17 bits per heavy atom. The lowest BCUT2D eigenvalue weighted by Crippen LogP contribution is -2.37. The SMILES string of the molecule is CCC(=O)[C@H](c1ccccc1)N1C2CCC1CC2. The Labute approximate surface area is 109 Å². The van der Waals surface area contributed by atoms with Gasteiger partial charge in [0, 0.05) is 18.5 Å². The van der Waals surface area contributed by atoms with Crippen LogP contribution in [0.15, 0.2) is 30.3 Å². The van der Waals surface area contributed by atoms with E-state index in [4.69, 9.17) is 0 Å². The maximum atomic E-state index is 12.4. The first-order chi connectivity index (χ1) is 8.81. The molecule has 0 spiro atoms. The largest absolute Gasteiger partial charge is 0.298 e. The molecule has 1 aromatic rings. The molecule has 2 heteroatoms. The van der Waals surface area contributed by atoms with E-state index >= 15 is 0 Å². The highest BCUT2D eigenvalue weighted by Crippen LogP contribution is 2.43. The fourth-order valence-corrected chi connectivity index (χ4v) is 3.73. The molecule has 2 heterocycles. The Morgan fingerprint density at radius 2 is 1.72 bits per heavy atom. The molecular weight excluding hydrogens is 222 g/mol. The van der Waals surface area contributed by atoms with Gasteiger partial charge in [-0.25, -0.2) is 0 Å². The number of rotatable bonds is 4. The molecule has 96 valence electrons. The highest BCUT2D eigenvalue weighted by Gasteiger charge is 2.45. The minimum absolute atomic E-state index is 0.0104. The lowest BCUT2D eigenvalue weighted by Gasteiger charge is -2.31. The van der Waals surface area contributed by atoms with Gasteiger partial charge < -0.3 is 0 Å². The van der Waals surface area contributed by atoms with Gasteiger partial charge >= 0.3 is 0 Å². The van der Waals surface area contributed by atoms with Gasteiger partial charge in [-0.05, 0) is 31.2 Å². The molecule has 2 aliphatic heterocycles. The summed E-state index contributed by atoms with van der Waals surface area (Å²) < 4.78 is 0. The van der Waals surface area contributed by atoms with Crippen LogP contribution >= 0.6 is 0 Å². The molecule has 2 fully saturated rings. The van der Waals surface area contributed by atoms with Crippen LogP contribution in [-0.2, 0) is 4.79 Å². The van der Waals surface area contributed by atoms with Crippen LogP contribution in [0.2, 0.25) is 0 Å². The summed E-state index contributed by atoms with van der Waals surface area (Å²) >= 11 is 0. The number of Topliss-reactive ketones (excluding diaryl/α,β-unsaturated/α-hetero) is 1. The summed E-state index contributed by atoms with van der Waals surface area (Å²) in [5.74, 6) is 0.375. The number of hydrogen-bond donors (Lipinski definition) is 0. The van der Waals surface area contributed by atoms with Crippen molar-refractivity contribution < 1.29 is 4.79 Å². The Morgan fingerprint density at radius 3 is 2.22 bits per heavy atom. The van der Waals surface area contributed by atoms with Gasteiger partial charge in [0.05, 0.1) is 6.04 Å². The van der Waals surface area contributed by atoms with Crippen LogP contribution in [0, 0.1) is 0 Å². The van der Waals surface area contributed by atoms with Crippen molar-refractivity contribution in [2.45, 2.75) is 57.2 Å². The van der Waals surface area contributed by atoms with Crippen LogP contribution in [0.3, 0.4) is 0 Å². The van der Waals surface area contributed by atoms with Crippen molar-refractivity contribution in [1.29, 1.82) is 0 Å². The Balaban J connectivity index is 1.94. The molecule has 0 aliphatic carbocycles. The van der Waals surface area contributed by atoms with Crippen molar-refractivity contribution >= 4 is 5.78 Å². The van der Waals surface area contributed by atoms with Gasteiger partial charge in [0.25, 0.3) is 0 Å². The Hall–Kier alpha value is -1.15. The predicted molar refractivity (Wildman–Crippen MR) is 72.4 cm³/mol. The van der Waals surface area contributed by atoms with Crippen molar-refractivity contribution in [3.8, 4) is 0 Å². The van der Waals surface area contributed by atoms with Gasteiger partial charge in [0.1, 0.15) is 0 Å². The molecular formula is C16H21NO. The fourth-order valence-electron chi connectivity index (χ4n) is 3.73. The van der Waals surface area contributed by atoms with Crippen LogP contribution < -0.4 is 0 Å². The fraction of sp³-hybridized carbons (Fsp3) is 0.562. The first-order valence-corrected chi connectivity index (χ1v) is 7.16. The number of benzene rings is 1. The molecule has 0 amide bonds. The van der Waals surface area contributed by atoms with Crippen molar-refractivity contribution in [2.24, 2.45) is 0 Å². The Kier molecular flexibility index (Phi) is 3.21. The van der Waals surface area contributed by atoms with Crippen LogP contribution in [0.5, 0.6) is 0 Å². The summed E-state index contributed by atoms with van der Waals surface area (Å²) in [6, 6.07) is 11.6. The van der Waals surface area contributed by atoms with E-state index in [0.717, 1.165) is 0 Å². The molecule has 2 nitrogen and oxygen atoms in total. The first-order valence-electron chi connectivity index (χ1n) is 7.16. The summed E-state index contributed by atoms with van der Waals surface area (Å²) in [5, 5.41) is 0. The maximum Gasteiger partial charge on any atom is 0.154 e. The van der Waals surface area contributed by atoms with E-state index in [0.29, 0.717) is 24.3 Å². The third-order valence-corrected chi connectivity index (χ3v) is 4.58. The standard InChI is InChI=1S/C16H21NO/c1-2-15(18)16(12-6-4-3-5-7-12)17-13-8-9-14(17)11-10-13/h3-7,13-14,16H,2,8-11H2,1H3/t13?,14?,16-/m0/s1. The lowest BCUT2D eigenvalue weighted by atomic mass is 9.99. The monoisotopic (exact) mass is 243 g/mol. The molecule has 1 atom stereocenters. The van der Waals surface area contributed by atoms with Gasteiger partial charge in [0.15, 0.2) is 5.78 Å². The van der Waals surface area contributed by atoms with Crippen LogP contribution in [0.4, 0.5) is 0 Å². The first kappa shape index (κ1) is 11.9. The molecule has 2 aliphatic rings. The smallest absolute Gasteiger partial charge is 0.154 e. The van der Waals surface area contributed by atoms with Gasteiger partial charge in [-0.1, -0.05) is 37.3 Å². The molecule has 0 radical (unpaired) electrons. The average Bonchev–Trinajstić information content (AvgIpc) is 3.00. The maximum absolute atomic E-state index is 12.4. The van der Waals surface area contributed by atoms with E-state index in [1.54, 1.807) is 0 Å². The second-order valence-corrected chi connectivity index (χ2v) is 5.54. The molecule has 2 bridgehead atoms.